The smallest absolute Gasteiger partial charge is 0.347 e. The molecular weight excluding hydrogens is 340 g/mol. The van der Waals surface area contributed by atoms with Crippen molar-refractivity contribution in [3.05, 3.63) is 24.3 Å². The quantitative estimate of drug-likeness (QED) is 0.675. The highest BCUT2D eigenvalue weighted by Gasteiger charge is 2.30. The summed E-state index contributed by atoms with van der Waals surface area (Å²) in [5.41, 5.74) is 0.445. The summed E-state index contributed by atoms with van der Waals surface area (Å²) in [6.07, 6.45) is -0.735. The van der Waals surface area contributed by atoms with Gasteiger partial charge in [0.1, 0.15) is 6.54 Å². The number of hydrogen-bond acceptors (Lipinski definition) is 7. The van der Waals surface area contributed by atoms with E-state index in [1.807, 2.05) is 0 Å². The summed E-state index contributed by atoms with van der Waals surface area (Å²) in [4.78, 5) is 33.6. The SMILES string of the molecule is CC(=O)Nc1ccc(S(=O)(=O)NCC(=O)OC2CCOC2=O)cc1. The molecule has 0 aliphatic carbocycles. The van der Waals surface area contributed by atoms with Gasteiger partial charge < -0.3 is 14.8 Å². The molecule has 0 radical (unpaired) electrons. The molecule has 2 rings (SSSR count). The van der Waals surface area contributed by atoms with Gasteiger partial charge in [-0.15, -0.1) is 0 Å². The molecule has 10 heteroatoms. The number of ether oxygens (including phenoxy) is 2. The summed E-state index contributed by atoms with van der Waals surface area (Å²) in [6.45, 7) is 0.890. The largest absolute Gasteiger partial charge is 0.463 e. The Morgan fingerprint density at radius 1 is 1.29 bits per heavy atom. The maximum Gasteiger partial charge on any atom is 0.347 e. The van der Waals surface area contributed by atoms with Crippen molar-refractivity contribution >= 4 is 33.6 Å². The third-order valence-electron chi connectivity index (χ3n) is 3.05. The molecule has 0 aromatic heterocycles. The summed E-state index contributed by atoms with van der Waals surface area (Å²) in [5, 5.41) is 2.51. The van der Waals surface area contributed by atoms with Crippen LogP contribution in [0.4, 0.5) is 5.69 Å². The van der Waals surface area contributed by atoms with Gasteiger partial charge in [-0.25, -0.2) is 13.2 Å². The molecule has 9 nitrogen and oxygen atoms in total. The lowest BCUT2D eigenvalue weighted by molar-refractivity contribution is -0.159. The third kappa shape index (κ3) is 4.77. The number of cyclic esters (lactones) is 1. The van der Waals surface area contributed by atoms with Crippen LogP contribution >= 0.6 is 0 Å². The number of carbonyl (C=O) groups excluding carboxylic acids is 3. The lowest BCUT2D eigenvalue weighted by Gasteiger charge is -2.10. The van der Waals surface area contributed by atoms with E-state index in [1.54, 1.807) is 0 Å². The lowest BCUT2D eigenvalue weighted by Crippen LogP contribution is -2.33. The van der Waals surface area contributed by atoms with Gasteiger partial charge in [0.15, 0.2) is 0 Å². The van der Waals surface area contributed by atoms with Crippen molar-refractivity contribution in [3.63, 3.8) is 0 Å². The number of esters is 2. The number of carbonyl (C=O) groups is 3. The summed E-state index contributed by atoms with van der Waals surface area (Å²) in [6, 6.07) is 5.41. The third-order valence-corrected chi connectivity index (χ3v) is 4.47. The van der Waals surface area contributed by atoms with Gasteiger partial charge in [0.05, 0.1) is 11.5 Å². The van der Waals surface area contributed by atoms with Crippen molar-refractivity contribution in [1.29, 1.82) is 0 Å². The van der Waals surface area contributed by atoms with E-state index >= 15 is 0 Å². The Bertz CT molecular complexity index is 743. The number of anilines is 1. The molecule has 1 atom stereocenters. The van der Waals surface area contributed by atoms with Gasteiger partial charge in [-0.1, -0.05) is 0 Å². The van der Waals surface area contributed by atoms with Crippen LogP contribution in [0.3, 0.4) is 0 Å². The molecule has 1 amide bonds. The van der Waals surface area contributed by atoms with Gasteiger partial charge in [-0.2, -0.15) is 4.72 Å². The zero-order chi connectivity index (χ0) is 17.7. The van der Waals surface area contributed by atoms with Crippen LogP contribution in [0.5, 0.6) is 0 Å². The fourth-order valence-corrected chi connectivity index (χ4v) is 2.91. The van der Waals surface area contributed by atoms with E-state index in [2.05, 4.69) is 14.8 Å². The van der Waals surface area contributed by atoms with Gasteiger partial charge in [-0.05, 0) is 24.3 Å². The van der Waals surface area contributed by atoms with Crippen molar-refractivity contribution < 1.29 is 32.3 Å². The highest BCUT2D eigenvalue weighted by atomic mass is 32.2. The van der Waals surface area contributed by atoms with Gasteiger partial charge in [0.25, 0.3) is 0 Å². The molecule has 1 aliphatic heterocycles. The summed E-state index contributed by atoms with van der Waals surface area (Å²) in [7, 11) is -3.93. The molecule has 0 spiro atoms. The van der Waals surface area contributed by atoms with Gasteiger partial charge in [-0.3, -0.25) is 9.59 Å². The molecule has 1 heterocycles. The molecular formula is C14H16N2O7S. The molecule has 130 valence electrons. The first kappa shape index (κ1) is 17.9. The van der Waals surface area contributed by atoms with Crippen molar-refractivity contribution in [2.24, 2.45) is 0 Å². The molecule has 24 heavy (non-hydrogen) atoms. The first-order valence-corrected chi connectivity index (χ1v) is 8.50. The van der Waals surface area contributed by atoms with E-state index in [1.165, 1.54) is 31.2 Å². The Hall–Kier alpha value is -2.46. The monoisotopic (exact) mass is 356 g/mol. The average molecular weight is 356 g/mol. The summed E-state index contributed by atoms with van der Waals surface area (Å²) in [5.74, 6) is -1.80. The second kappa shape index (κ2) is 7.41. The van der Waals surface area contributed by atoms with Crippen LogP contribution in [0.1, 0.15) is 13.3 Å². The predicted molar refractivity (Wildman–Crippen MR) is 81.4 cm³/mol. The molecule has 0 bridgehead atoms. The molecule has 1 aliphatic rings. The van der Waals surface area contributed by atoms with Crippen molar-refractivity contribution in [2.75, 3.05) is 18.5 Å². The summed E-state index contributed by atoms with van der Waals surface area (Å²) >= 11 is 0. The second-order valence-corrected chi connectivity index (χ2v) is 6.73. The molecule has 1 unspecified atom stereocenters. The van der Waals surface area contributed by atoms with E-state index < -0.39 is 34.6 Å². The van der Waals surface area contributed by atoms with Gasteiger partial charge in [0.2, 0.25) is 22.0 Å². The van der Waals surface area contributed by atoms with Crippen LogP contribution < -0.4 is 10.0 Å². The number of benzene rings is 1. The first-order valence-electron chi connectivity index (χ1n) is 7.01. The number of amides is 1. The molecule has 1 saturated heterocycles. The van der Waals surface area contributed by atoms with E-state index in [-0.39, 0.29) is 23.8 Å². The van der Waals surface area contributed by atoms with E-state index in [0.29, 0.717) is 5.69 Å². The molecule has 0 saturated carbocycles. The summed E-state index contributed by atoms with van der Waals surface area (Å²) < 4.78 is 35.7. The van der Waals surface area contributed by atoms with Crippen molar-refractivity contribution in [1.82, 2.24) is 4.72 Å². The number of sulfonamides is 1. The molecule has 1 aromatic rings. The predicted octanol–water partition coefficient (Wildman–Crippen LogP) is -0.218. The lowest BCUT2D eigenvalue weighted by atomic mass is 10.3. The molecule has 1 aromatic carbocycles. The Balaban J connectivity index is 1.91. The minimum Gasteiger partial charge on any atom is -0.463 e. The van der Waals surface area contributed by atoms with Crippen LogP contribution in [-0.4, -0.2) is 45.5 Å². The maximum absolute atomic E-state index is 12.1. The van der Waals surface area contributed by atoms with Gasteiger partial charge in [0, 0.05) is 19.0 Å². The van der Waals surface area contributed by atoms with Crippen LogP contribution in [0, 0.1) is 0 Å². The van der Waals surface area contributed by atoms with Crippen LogP contribution in [-0.2, 0) is 33.9 Å². The minimum absolute atomic E-state index is 0.0790. The molecule has 1 fully saturated rings. The Morgan fingerprint density at radius 2 is 1.96 bits per heavy atom. The average Bonchev–Trinajstić information content (AvgIpc) is 2.90. The Morgan fingerprint density at radius 3 is 2.50 bits per heavy atom. The topological polar surface area (TPSA) is 128 Å². The highest BCUT2D eigenvalue weighted by molar-refractivity contribution is 7.89. The van der Waals surface area contributed by atoms with E-state index in [4.69, 9.17) is 4.74 Å². The van der Waals surface area contributed by atoms with Gasteiger partial charge >= 0.3 is 11.9 Å². The standard InChI is InChI=1S/C14H16N2O7S/c1-9(17)16-10-2-4-11(5-3-10)24(20,21)15-8-13(18)23-12-6-7-22-14(12)19/h2-5,12,15H,6-8H2,1H3,(H,16,17). The van der Waals surface area contributed by atoms with Crippen molar-refractivity contribution in [3.8, 4) is 0 Å². The zero-order valence-electron chi connectivity index (χ0n) is 12.8. The fraction of sp³-hybridized carbons (Fsp3) is 0.357. The zero-order valence-corrected chi connectivity index (χ0v) is 13.6. The van der Waals surface area contributed by atoms with E-state index in [0.717, 1.165) is 0 Å². The van der Waals surface area contributed by atoms with Crippen LogP contribution in [0.15, 0.2) is 29.2 Å². The first-order chi connectivity index (χ1) is 11.3. The number of nitrogens with one attached hydrogen (secondary N) is 2. The number of hydrogen-bond donors (Lipinski definition) is 2. The normalized spacial score (nSPS) is 17.2. The van der Waals surface area contributed by atoms with Crippen molar-refractivity contribution in [2.45, 2.75) is 24.3 Å². The number of rotatable bonds is 6. The fourth-order valence-electron chi connectivity index (χ4n) is 1.94. The Kier molecular flexibility index (Phi) is 5.52. The Labute approximate surface area is 138 Å². The van der Waals surface area contributed by atoms with E-state index in [9.17, 15) is 22.8 Å². The highest BCUT2D eigenvalue weighted by Crippen LogP contribution is 2.14. The molecule has 2 N–H and O–H groups in total. The minimum atomic E-state index is -3.93. The maximum atomic E-state index is 12.1. The van der Waals surface area contributed by atoms with Crippen LogP contribution in [0.2, 0.25) is 0 Å². The second-order valence-electron chi connectivity index (χ2n) is 4.96. The van der Waals surface area contributed by atoms with Crippen LogP contribution in [0.25, 0.3) is 0 Å².